The predicted molar refractivity (Wildman–Crippen MR) is 148 cm³/mol. The fraction of sp³-hybridized carbons (Fsp3) is 0.333. The molecule has 2 heterocycles. The Bertz CT molecular complexity index is 1430. The molecule has 0 spiro atoms. The maximum Gasteiger partial charge on any atom is 0.237 e. The summed E-state index contributed by atoms with van der Waals surface area (Å²) in [5.41, 5.74) is 9.25. The summed E-state index contributed by atoms with van der Waals surface area (Å²) in [5.74, 6) is 1.14. The lowest BCUT2D eigenvalue weighted by molar-refractivity contribution is -0.122. The molecule has 1 fully saturated rings. The van der Waals surface area contributed by atoms with Gasteiger partial charge in [0.2, 0.25) is 11.9 Å². The highest BCUT2D eigenvalue weighted by atomic mass is 35.5. The molecule has 9 nitrogen and oxygen atoms in total. The molecule has 0 radical (unpaired) electrons. The average molecular weight is 554 g/mol. The highest BCUT2D eigenvalue weighted by molar-refractivity contribution is 6.42. The van der Waals surface area contributed by atoms with Crippen LogP contribution in [-0.2, 0) is 11.2 Å². The van der Waals surface area contributed by atoms with Gasteiger partial charge in [0.1, 0.15) is 12.1 Å². The molecule has 1 amide bonds. The first-order valence-corrected chi connectivity index (χ1v) is 13.3. The van der Waals surface area contributed by atoms with E-state index in [2.05, 4.69) is 20.4 Å². The summed E-state index contributed by atoms with van der Waals surface area (Å²) in [5, 5.41) is 8.35. The van der Waals surface area contributed by atoms with Crippen LogP contribution < -0.4 is 20.7 Å². The quantitative estimate of drug-likeness (QED) is 0.262. The molecular formula is C27H29Cl2N7O2. The molecule has 2 aromatic carbocycles. The highest BCUT2D eigenvalue weighted by Crippen LogP contribution is 2.35. The molecule has 3 N–H and O–H groups in total. The molecule has 0 bridgehead atoms. The Labute approximate surface area is 230 Å². The van der Waals surface area contributed by atoms with Crippen molar-refractivity contribution in [3.05, 3.63) is 76.2 Å². The summed E-state index contributed by atoms with van der Waals surface area (Å²) >= 11 is 13.0. The third-order valence-electron chi connectivity index (χ3n) is 6.50. The number of fused-ring (bicyclic) bond motifs is 1. The lowest BCUT2D eigenvalue weighted by Gasteiger charge is -2.18. The molecule has 1 saturated carbocycles. The van der Waals surface area contributed by atoms with Gasteiger partial charge in [0, 0.05) is 36.3 Å². The number of para-hydroxylation sites is 1. The molecule has 0 unspecified atom stereocenters. The number of halogens is 2. The number of hydrogen-bond acceptors (Lipinski definition) is 7. The van der Waals surface area contributed by atoms with E-state index < -0.39 is 6.04 Å². The van der Waals surface area contributed by atoms with Crippen LogP contribution in [-0.4, -0.2) is 51.2 Å². The number of nitrogens with one attached hydrogen (secondary N) is 1. The zero-order chi connectivity index (χ0) is 26.6. The third-order valence-corrected chi connectivity index (χ3v) is 7.34. The second-order valence-electron chi connectivity index (χ2n) is 9.37. The van der Waals surface area contributed by atoms with Crippen molar-refractivity contribution < 1.29 is 9.53 Å². The van der Waals surface area contributed by atoms with Gasteiger partial charge in [-0.25, -0.2) is 9.97 Å². The van der Waals surface area contributed by atoms with Gasteiger partial charge in [-0.15, -0.1) is 0 Å². The van der Waals surface area contributed by atoms with Crippen LogP contribution in [0, 0.1) is 0 Å². The molecule has 0 saturated heterocycles. The molecule has 11 heteroatoms. The minimum atomic E-state index is -0.547. The van der Waals surface area contributed by atoms with Crippen LogP contribution in [0.5, 0.6) is 5.75 Å². The molecule has 1 aliphatic rings. The first kappa shape index (κ1) is 26.2. The van der Waals surface area contributed by atoms with Gasteiger partial charge in [-0.2, -0.15) is 9.61 Å². The summed E-state index contributed by atoms with van der Waals surface area (Å²) in [4.78, 5) is 23.0. The molecule has 0 aliphatic heterocycles. The van der Waals surface area contributed by atoms with Crippen LogP contribution in [0.15, 0.2) is 55.0 Å². The Morgan fingerprint density at radius 1 is 1.21 bits per heavy atom. The maximum atomic E-state index is 12.1. The molecule has 198 valence electrons. The van der Waals surface area contributed by atoms with E-state index in [1.54, 1.807) is 22.8 Å². The average Bonchev–Trinajstić information content (AvgIpc) is 3.66. The van der Waals surface area contributed by atoms with Gasteiger partial charge < -0.3 is 20.7 Å². The summed E-state index contributed by atoms with van der Waals surface area (Å²) in [7, 11) is 1.93. The molecule has 4 aromatic rings. The van der Waals surface area contributed by atoms with E-state index in [1.807, 2.05) is 42.3 Å². The van der Waals surface area contributed by atoms with Crippen LogP contribution >= 0.6 is 23.2 Å². The number of carbonyl (C=O) groups excluding carboxylic acids is 1. The summed E-state index contributed by atoms with van der Waals surface area (Å²) in [6.45, 7) is 0.387. The number of nitrogens with zero attached hydrogens (tertiary/aromatic N) is 5. The number of aromatic nitrogens is 4. The van der Waals surface area contributed by atoms with Gasteiger partial charge in [-0.3, -0.25) is 4.79 Å². The second-order valence-corrected chi connectivity index (χ2v) is 10.2. The van der Waals surface area contributed by atoms with E-state index in [1.165, 1.54) is 6.33 Å². The smallest absolute Gasteiger partial charge is 0.237 e. The first-order valence-electron chi connectivity index (χ1n) is 12.5. The first-order chi connectivity index (χ1) is 18.4. The summed E-state index contributed by atoms with van der Waals surface area (Å²) in [6, 6.07) is 13.2. The van der Waals surface area contributed by atoms with Gasteiger partial charge in [0.05, 0.1) is 28.9 Å². The normalized spacial score (nSPS) is 13.9. The van der Waals surface area contributed by atoms with E-state index in [0.29, 0.717) is 59.3 Å². The van der Waals surface area contributed by atoms with Crippen LogP contribution in [0.4, 0.5) is 11.6 Å². The summed E-state index contributed by atoms with van der Waals surface area (Å²) in [6.07, 6.45) is 6.90. The van der Waals surface area contributed by atoms with Gasteiger partial charge >= 0.3 is 0 Å². The van der Waals surface area contributed by atoms with Crippen molar-refractivity contribution in [1.82, 2.24) is 24.9 Å². The van der Waals surface area contributed by atoms with E-state index in [9.17, 15) is 4.79 Å². The molecule has 2 aromatic heterocycles. The van der Waals surface area contributed by atoms with E-state index in [-0.39, 0.29) is 5.91 Å². The van der Waals surface area contributed by atoms with Crippen LogP contribution in [0.25, 0.3) is 5.65 Å². The van der Waals surface area contributed by atoms with Crippen molar-refractivity contribution >= 4 is 46.4 Å². The Balaban J connectivity index is 1.31. The fourth-order valence-corrected chi connectivity index (χ4v) is 4.59. The van der Waals surface area contributed by atoms with E-state index >= 15 is 0 Å². The van der Waals surface area contributed by atoms with Gasteiger partial charge in [0.25, 0.3) is 0 Å². The van der Waals surface area contributed by atoms with Gasteiger partial charge in [0.15, 0.2) is 5.65 Å². The highest BCUT2D eigenvalue weighted by Gasteiger charge is 2.25. The van der Waals surface area contributed by atoms with E-state index in [4.69, 9.17) is 33.7 Å². The Morgan fingerprint density at radius 3 is 2.76 bits per heavy atom. The Morgan fingerprint density at radius 2 is 2.00 bits per heavy atom. The molecule has 1 atom stereocenters. The zero-order valence-electron chi connectivity index (χ0n) is 21.0. The van der Waals surface area contributed by atoms with Gasteiger partial charge in [-0.1, -0.05) is 41.4 Å². The van der Waals surface area contributed by atoms with Crippen LogP contribution in [0.1, 0.15) is 36.8 Å². The molecule has 5 rings (SSSR count). The van der Waals surface area contributed by atoms with E-state index in [0.717, 1.165) is 29.7 Å². The van der Waals surface area contributed by atoms with Crippen LogP contribution in [0.3, 0.4) is 0 Å². The topological polar surface area (TPSA) is 111 Å². The maximum absolute atomic E-state index is 12.1. The number of carbonyl (C=O) groups is 1. The SMILES string of the molecule is CN(c1ccccc1)c1ncnc2c(Cc3c(OCCC[C@@H](N)C(=O)NC4CC4)ccc(Cl)c3Cl)cnn12. The number of ether oxygens (including phenoxy) is 1. The van der Waals surface area contributed by atoms with Crippen molar-refractivity contribution in [2.75, 3.05) is 18.6 Å². The molecule has 1 aliphatic carbocycles. The molecular weight excluding hydrogens is 525 g/mol. The Kier molecular flexibility index (Phi) is 7.97. The fourth-order valence-electron chi connectivity index (χ4n) is 4.19. The van der Waals surface area contributed by atoms with Crippen LogP contribution in [0.2, 0.25) is 10.0 Å². The molecule has 38 heavy (non-hydrogen) atoms. The number of anilines is 2. The number of benzene rings is 2. The summed E-state index contributed by atoms with van der Waals surface area (Å²) < 4.78 is 7.78. The second kappa shape index (κ2) is 11.6. The van der Waals surface area contributed by atoms with Crippen molar-refractivity contribution in [2.45, 2.75) is 44.2 Å². The minimum absolute atomic E-state index is 0.102. The number of amides is 1. The Hall–Kier alpha value is -3.40. The van der Waals surface area contributed by atoms with Crippen molar-refractivity contribution in [3.63, 3.8) is 0 Å². The van der Waals surface area contributed by atoms with Gasteiger partial charge in [-0.05, 0) is 49.9 Å². The predicted octanol–water partition coefficient (Wildman–Crippen LogP) is 4.55. The minimum Gasteiger partial charge on any atom is -0.493 e. The number of hydrogen-bond donors (Lipinski definition) is 2. The monoisotopic (exact) mass is 553 g/mol. The zero-order valence-corrected chi connectivity index (χ0v) is 22.5. The lowest BCUT2D eigenvalue weighted by atomic mass is 10.1. The number of rotatable bonds is 11. The van der Waals surface area contributed by atoms with Crippen molar-refractivity contribution in [2.24, 2.45) is 5.73 Å². The lowest BCUT2D eigenvalue weighted by Crippen LogP contribution is -2.41. The van der Waals surface area contributed by atoms with Crippen molar-refractivity contribution in [3.8, 4) is 5.75 Å². The van der Waals surface area contributed by atoms with Crippen molar-refractivity contribution in [1.29, 1.82) is 0 Å². The largest absolute Gasteiger partial charge is 0.493 e. The number of nitrogens with two attached hydrogens (primary N) is 1. The third kappa shape index (κ3) is 5.85. The standard InChI is InChI=1S/C27H29Cl2N7O2/c1-35(19-6-3-2-4-7-19)27-32-16-31-25-17(15-33-36(25)27)14-20-23(12-11-21(28)24(20)29)38-13-5-8-22(30)26(37)34-18-9-10-18/h2-4,6-7,11-12,15-16,18,22H,5,8-10,13-14,30H2,1H3,(H,34,37)/t22-/m1/s1.